The first-order valence-corrected chi connectivity index (χ1v) is 7.99. The first-order valence-electron chi connectivity index (χ1n) is 6.10. The number of benzene rings is 1. The van der Waals surface area contributed by atoms with Gasteiger partial charge in [-0.15, -0.1) is 0 Å². The number of nitrogens with zero attached hydrogens (tertiary/aromatic N) is 1. The van der Waals surface area contributed by atoms with Crippen molar-refractivity contribution < 1.29 is 8.42 Å². The first kappa shape index (κ1) is 14.8. The highest BCUT2D eigenvalue weighted by molar-refractivity contribution is 7.90. The zero-order valence-electron chi connectivity index (χ0n) is 10.9. The van der Waals surface area contributed by atoms with Gasteiger partial charge in [0.25, 0.3) is 0 Å². The number of fused-ring (bicyclic) bond motifs is 1. The Morgan fingerprint density at radius 3 is 2.85 bits per heavy atom. The molecule has 20 heavy (non-hydrogen) atoms. The summed E-state index contributed by atoms with van der Waals surface area (Å²) in [5.74, 6) is 0. The van der Waals surface area contributed by atoms with Crippen LogP contribution in [0, 0.1) is 0 Å². The molecule has 2 rings (SSSR count). The van der Waals surface area contributed by atoms with Gasteiger partial charge in [-0.3, -0.25) is 4.98 Å². The third-order valence-corrected chi connectivity index (χ3v) is 4.79. The molecule has 0 radical (unpaired) electrons. The molecule has 0 saturated heterocycles. The summed E-state index contributed by atoms with van der Waals surface area (Å²) in [6.07, 6.45) is 3.69. The molecule has 7 heteroatoms. The van der Waals surface area contributed by atoms with Crippen molar-refractivity contribution in [1.82, 2.24) is 9.71 Å². The molecule has 5 nitrogen and oxygen atoms in total. The average Bonchev–Trinajstić information content (AvgIpc) is 2.43. The number of aromatic nitrogens is 1. The topological polar surface area (TPSA) is 85.1 Å². The Morgan fingerprint density at radius 1 is 1.45 bits per heavy atom. The second-order valence-corrected chi connectivity index (χ2v) is 6.49. The van der Waals surface area contributed by atoms with Crippen LogP contribution in [0.4, 0.5) is 0 Å². The fourth-order valence-corrected chi connectivity index (χ4v) is 3.75. The number of hydrogen-bond donors (Lipinski definition) is 2. The van der Waals surface area contributed by atoms with Crippen molar-refractivity contribution in [2.45, 2.75) is 24.3 Å². The van der Waals surface area contributed by atoms with Crippen molar-refractivity contribution in [3.05, 3.63) is 36.7 Å². The summed E-state index contributed by atoms with van der Waals surface area (Å²) in [7, 11) is -3.69. The summed E-state index contributed by atoms with van der Waals surface area (Å²) in [6, 6.07) is 6.17. The molecular weight excluding hydrogens is 294 g/mol. The van der Waals surface area contributed by atoms with E-state index < -0.39 is 16.1 Å². The van der Waals surface area contributed by atoms with E-state index in [-0.39, 0.29) is 9.88 Å². The van der Waals surface area contributed by atoms with Gasteiger partial charge in [-0.1, -0.05) is 31.3 Å². The second kappa shape index (κ2) is 5.82. The maximum Gasteiger partial charge on any atom is 0.241 e. The maximum absolute atomic E-state index is 12.5. The Morgan fingerprint density at radius 2 is 2.20 bits per heavy atom. The highest BCUT2D eigenvalue weighted by Gasteiger charge is 2.22. The minimum atomic E-state index is -3.69. The van der Waals surface area contributed by atoms with Gasteiger partial charge in [0.15, 0.2) is 0 Å². The van der Waals surface area contributed by atoms with E-state index in [9.17, 15) is 8.42 Å². The smallest absolute Gasteiger partial charge is 0.241 e. The van der Waals surface area contributed by atoms with E-state index in [1.165, 1.54) is 0 Å². The predicted molar refractivity (Wildman–Crippen MR) is 82.9 cm³/mol. The van der Waals surface area contributed by atoms with E-state index in [0.29, 0.717) is 11.8 Å². The van der Waals surface area contributed by atoms with Crippen LogP contribution < -0.4 is 10.5 Å². The van der Waals surface area contributed by atoms with Gasteiger partial charge in [0.1, 0.15) is 0 Å². The second-order valence-electron chi connectivity index (χ2n) is 4.34. The highest BCUT2D eigenvalue weighted by atomic mass is 32.2. The number of nitrogens with one attached hydrogen (secondary N) is 1. The Balaban J connectivity index is 2.50. The normalized spacial score (nSPS) is 13.2. The number of nitrogens with two attached hydrogens (primary N) is 1. The van der Waals surface area contributed by atoms with Gasteiger partial charge in [0.2, 0.25) is 10.0 Å². The first-order chi connectivity index (χ1) is 9.45. The van der Waals surface area contributed by atoms with Crippen LogP contribution in [0.5, 0.6) is 0 Å². The van der Waals surface area contributed by atoms with Crippen molar-refractivity contribution >= 4 is 38.0 Å². The van der Waals surface area contributed by atoms with E-state index in [4.69, 9.17) is 18.0 Å². The maximum atomic E-state index is 12.5. The number of thiocarbonyl (C=S) groups is 1. The molecule has 0 amide bonds. The van der Waals surface area contributed by atoms with Gasteiger partial charge < -0.3 is 5.73 Å². The molecule has 2 aromatic rings. The molecule has 0 aliphatic carbocycles. The van der Waals surface area contributed by atoms with Crippen LogP contribution in [0.15, 0.2) is 41.6 Å². The molecule has 0 aliphatic heterocycles. The molecule has 1 unspecified atom stereocenters. The molecule has 0 aliphatic rings. The number of sulfonamides is 1. The molecule has 0 saturated carbocycles. The van der Waals surface area contributed by atoms with Crippen LogP contribution in [0.1, 0.15) is 13.3 Å². The lowest BCUT2D eigenvalue weighted by atomic mass is 10.2. The minimum Gasteiger partial charge on any atom is -0.392 e. The van der Waals surface area contributed by atoms with Crippen LogP contribution in [0.3, 0.4) is 0 Å². The van der Waals surface area contributed by atoms with E-state index in [1.54, 1.807) is 30.6 Å². The summed E-state index contributed by atoms with van der Waals surface area (Å²) >= 11 is 4.87. The van der Waals surface area contributed by atoms with Gasteiger partial charge in [-0.25, -0.2) is 13.1 Å². The third-order valence-electron chi connectivity index (χ3n) is 2.98. The van der Waals surface area contributed by atoms with E-state index >= 15 is 0 Å². The Bertz CT molecular complexity index is 739. The quantitative estimate of drug-likeness (QED) is 0.819. The van der Waals surface area contributed by atoms with Crippen LogP contribution >= 0.6 is 12.2 Å². The van der Waals surface area contributed by atoms with Crippen LogP contribution in [-0.4, -0.2) is 24.4 Å². The van der Waals surface area contributed by atoms with Crippen molar-refractivity contribution in [2.75, 3.05) is 0 Å². The zero-order chi connectivity index (χ0) is 14.8. The van der Waals surface area contributed by atoms with Gasteiger partial charge in [0.05, 0.1) is 15.9 Å². The van der Waals surface area contributed by atoms with Gasteiger partial charge in [-0.2, -0.15) is 0 Å². The van der Waals surface area contributed by atoms with E-state index in [2.05, 4.69) is 9.71 Å². The predicted octanol–water partition coefficient (Wildman–Crippen LogP) is 1.58. The number of pyridine rings is 1. The lowest BCUT2D eigenvalue weighted by Gasteiger charge is -2.16. The molecule has 1 aromatic heterocycles. The Kier molecular flexibility index (Phi) is 4.32. The van der Waals surface area contributed by atoms with Gasteiger partial charge in [0, 0.05) is 23.2 Å². The highest BCUT2D eigenvalue weighted by Crippen LogP contribution is 2.22. The standard InChI is InChI=1S/C13H15N3O2S2/c1-2-11(13(14)19)16-20(17,18)12-5-3-4-9-8-15-7-6-10(9)12/h3-8,11,16H,2H2,1H3,(H2,14,19). The SMILES string of the molecule is CCC(NS(=O)(=O)c1cccc2cnccc12)C(N)=S. The van der Waals surface area contributed by atoms with E-state index in [1.807, 2.05) is 13.0 Å². The summed E-state index contributed by atoms with van der Waals surface area (Å²) in [4.78, 5) is 4.32. The fourth-order valence-electron chi connectivity index (χ4n) is 1.92. The van der Waals surface area contributed by atoms with Crippen LogP contribution in [0.2, 0.25) is 0 Å². The molecule has 1 atom stereocenters. The van der Waals surface area contributed by atoms with Crippen LogP contribution in [0.25, 0.3) is 10.8 Å². The zero-order valence-corrected chi connectivity index (χ0v) is 12.5. The summed E-state index contributed by atoms with van der Waals surface area (Å²) in [6.45, 7) is 1.82. The molecule has 1 aromatic carbocycles. The average molecular weight is 309 g/mol. The van der Waals surface area contributed by atoms with Gasteiger partial charge >= 0.3 is 0 Å². The number of rotatable bonds is 5. The number of hydrogen-bond acceptors (Lipinski definition) is 4. The monoisotopic (exact) mass is 309 g/mol. The Hall–Kier alpha value is -1.57. The summed E-state index contributed by atoms with van der Waals surface area (Å²) < 4.78 is 27.5. The lowest BCUT2D eigenvalue weighted by molar-refractivity contribution is 0.573. The summed E-state index contributed by atoms with van der Waals surface area (Å²) in [5.41, 5.74) is 5.54. The van der Waals surface area contributed by atoms with Crippen molar-refractivity contribution in [2.24, 2.45) is 5.73 Å². The molecule has 0 fully saturated rings. The van der Waals surface area contributed by atoms with Gasteiger partial charge in [-0.05, 0) is 18.6 Å². The largest absolute Gasteiger partial charge is 0.392 e. The molecule has 1 heterocycles. The summed E-state index contributed by atoms with van der Waals surface area (Å²) in [5, 5.41) is 1.38. The molecule has 3 N–H and O–H groups in total. The van der Waals surface area contributed by atoms with Crippen molar-refractivity contribution in [3.63, 3.8) is 0 Å². The molecule has 0 spiro atoms. The fraction of sp³-hybridized carbons (Fsp3) is 0.231. The van der Waals surface area contributed by atoms with Crippen molar-refractivity contribution in [3.8, 4) is 0 Å². The van der Waals surface area contributed by atoms with E-state index in [0.717, 1.165) is 5.39 Å². The third kappa shape index (κ3) is 2.95. The van der Waals surface area contributed by atoms with Crippen molar-refractivity contribution in [1.29, 1.82) is 0 Å². The van der Waals surface area contributed by atoms with Crippen LogP contribution in [-0.2, 0) is 10.0 Å². The molecule has 0 bridgehead atoms. The molecule has 106 valence electrons. The Labute approximate surface area is 123 Å². The minimum absolute atomic E-state index is 0.137. The molecular formula is C13H15N3O2S2. The lowest BCUT2D eigenvalue weighted by Crippen LogP contribution is -2.42.